The van der Waals surface area contributed by atoms with E-state index in [1.807, 2.05) is 7.05 Å². The zero-order valence-electron chi connectivity index (χ0n) is 11.4. The van der Waals surface area contributed by atoms with Crippen LogP contribution in [0.25, 0.3) is 0 Å². The summed E-state index contributed by atoms with van der Waals surface area (Å²) in [4.78, 5) is 0. The van der Waals surface area contributed by atoms with Gasteiger partial charge >= 0.3 is 0 Å². The fourth-order valence-electron chi connectivity index (χ4n) is 2.44. The zero-order chi connectivity index (χ0) is 12.8. The van der Waals surface area contributed by atoms with Crippen molar-refractivity contribution in [2.75, 3.05) is 12.4 Å². The van der Waals surface area contributed by atoms with E-state index >= 15 is 0 Å². The average Bonchev–Trinajstić information content (AvgIpc) is 2.42. The summed E-state index contributed by atoms with van der Waals surface area (Å²) in [5, 5.41) is 3.15. The van der Waals surface area contributed by atoms with Gasteiger partial charge in [0.25, 0.3) is 0 Å². The van der Waals surface area contributed by atoms with Crippen molar-refractivity contribution >= 4 is 5.69 Å². The van der Waals surface area contributed by atoms with Crippen LogP contribution in [0.5, 0.6) is 0 Å². The molecule has 1 aromatic carbocycles. The molecular weight excluding hydrogens is 218 g/mol. The van der Waals surface area contributed by atoms with Crippen molar-refractivity contribution in [2.24, 2.45) is 5.92 Å². The van der Waals surface area contributed by atoms with Crippen LogP contribution in [0.15, 0.2) is 48.1 Å². The number of hydrogen-bond donors (Lipinski definition) is 1. The molecule has 0 saturated heterocycles. The highest BCUT2D eigenvalue weighted by Crippen LogP contribution is 2.23. The Kier molecular flexibility index (Phi) is 4.63. The fourth-order valence-corrected chi connectivity index (χ4v) is 2.44. The van der Waals surface area contributed by atoms with Crippen LogP contribution in [0, 0.1) is 5.92 Å². The van der Waals surface area contributed by atoms with Crippen LogP contribution >= 0.6 is 0 Å². The predicted molar refractivity (Wildman–Crippen MR) is 79.9 cm³/mol. The number of anilines is 1. The maximum atomic E-state index is 3.15. The lowest BCUT2D eigenvalue weighted by Crippen LogP contribution is -2.04. The molecule has 18 heavy (non-hydrogen) atoms. The molecule has 1 heteroatoms. The topological polar surface area (TPSA) is 12.0 Å². The molecule has 96 valence electrons. The third-order valence-electron chi connectivity index (χ3n) is 3.54. The van der Waals surface area contributed by atoms with Gasteiger partial charge in [-0.05, 0) is 42.9 Å². The molecule has 0 amide bonds. The number of rotatable bonds is 5. The van der Waals surface area contributed by atoms with Gasteiger partial charge in [0.05, 0.1) is 0 Å². The van der Waals surface area contributed by atoms with Gasteiger partial charge in [-0.3, -0.25) is 0 Å². The Morgan fingerprint density at radius 1 is 1.22 bits per heavy atom. The molecule has 1 N–H and O–H groups in total. The average molecular weight is 241 g/mol. The van der Waals surface area contributed by atoms with Crippen molar-refractivity contribution < 1.29 is 0 Å². The van der Waals surface area contributed by atoms with Crippen LogP contribution in [-0.2, 0) is 6.42 Å². The first-order chi connectivity index (χ1) is 8.81. The molecule has 1 aliphatic carbocycles. The summed E-state index contributed by atoms with van der Waals surface area (Å²) in [5.74, 6) is 0.672. The molecule has 0 aliphatic heterocycles. The molecule has 1 aliphatic rings. The van der Waals surface area contributed by atoms with Crippen molar-refractivity contribution in [1.82, 2.24) is 0 Å². The van der Waals surface area contributed by atoms with Crippen molar-refractivity contribution in [3.63, 3.8) is 0 Å². The molecule has 0 radical (unpaired) electrons. The Balaban J connectivity index is 1.89. The van der Waals surface area contributed by atoms with Gasteiger partial charge in [-0.1, -0.05) is 49.3 Å². The number of hydrogen-bond acceptors (Lipinski definition) is 1. The van der Waals surface area contributed by atoms with Gasteiger partial charge < -0.3 is 5.32 Å². The Bertz CT molecular complexity index is 425. The lowest BCUT2D eigenvalue weighted by Gasteiger charge is -2.16. The minimum atomic E-state index is 0.672. The molecule has 1 atom stereocenters. The van der Waals surface area contributed by atoms with Gasteiger partial charge in [-0.15, -0.1) is 0 Å². The number of nitrogens with one attached hydrogen (secondary N) is 1. The highest BCUT2D eigenvalue weighted by atomic mass is 14.8. The van der Waals surface area contributed by atoms with Gasteiger partial charge in [-0.2, -0.15) is 0 Å². The molecule has 1 aromatic rings. The van der Waals surface area contributed by atoms with Gasteiger partial charge in [-0.25, -0.2) is 0 Å². The van der Waals surface area contributed by atoms with Crippen molar-refractivity contribution in [1.29, 1.82) is 0 Å². The summed E-state index contributed by atoms with van der Waals surface area (Å²) < 4.78 is 0. The first-order valence-corrected chi connectivity index (χ1v) is 6.95. The lowest BCUT2D eigenvalue weighted by molar-refractivity contribution is 0.645. The van der Waals surface area contributed by atoms with E-state index in [-0.39, 0.29) is 0 Å². The third kappa shape index (κ3) is 3.49. The van der Waals surface area contributed by atoms with Crippen LogP contribution in [0.2, 0.25) is 0 Å². The monoisotopic (exact) mass is 241 g/mol. The quantitative estimate of drug-likeness (QED) is 0.796. The van der Waals surface area contributed by atoms with E-state index in [1.165, 1.54) is 36.1 Å². The van der Waals surface area contributed by atoms with E-state index in [2.05, 4.69) is 54.7 Å². The van der Waals surface area contributed by atoms with Gasteiger partial charge in [0.15, 0.2) is 0 Å². The largest absolute Gasteiger partial charge is 0.388 e. The normalized spacial score (nSPS) is 18.6. The maximum Gasteiger partial charge on any atom is 0.0337 e. The Labute approximate surface area is 111 Å². The van der Waals surface area contributed by atoms with E-state index in [0.29, 0.717) is 5.92 Å². The standard InChI is InChI=1S/C17H23N/c1-3-4-14-5-7-15(8-6-14)13-16-9-11-17(18-2)12-10-16/h5-7,9-12,15,18H,3-4,8,13H2,1-2H3. The summed E-state index contributed by atoms with van der Waals surface area (Å²) in [6.45, 7) is 2.24. The van der Waals surface area contributed by atoms with Crippen molar-refractivity contribution in [3.8, 4) is 0 Å². The number of benzene rings is 1. The number of allylic oxidation sites excluding steroid dienone is 4. The Morgan fingerprint density at radius 3 is 2.56 bits per heavy atom. The molecule has 0 spiro atoms. The first kappa shape index (κ1) is 12.9. The van der Waals surface area contributed by atoms with Crippen LogP contribution in [0.3, 0.4) is 0 Å². The zero-order valence-corrected chi connectivity index (χ0v) is 11.4. The van der Waals surface area contributed by atoms with Crippen LogP contribution in [-0.4, -0.2) is 7.05 Å². The van der Waals surface area contributed by atoms with E-state index in [1.54, 1.807) is 0 Å². The lowest BCUT2D eigenvalue weighted by atomic mass is 9.90. The third-order valence-corrected chi connectivity index (χ3v) is 3.54. The maximum absolute atomic E-state index is 3.15. The summed E-state index contributed by atoms with van der Waals surface area (Å²) in [7, 11) is 1.96. The summed E-state index contributed by atoms with van der Waals surface area (Å²) in [6, 6.07) is 8.76. The summed E-state index contributed by atoms with van der Waals surface area (Å²) in [5.41, 5.74) is 4.12. The molecule has 0 saturated carbocycles. The van der Waals surface area contributed by atoms with Crippen molar-refractivity contribution in [3.05, 3.63) is 53.6 Å². The van der Waals surface area contributed by atoms with Crippen LogP contribution < -0.4 is 5.32 Å². The second kappa shape index (κ2) is 6.44. The van der Waals surface area contributed by atoms with E-state index in [9.17, 15) is 0 Å². The van der Waals surface area contributed by atoms with E-state index < -0.39 is 0 Å². The van der Waals surface area contributed by atoms with Gasteiger partial charge in [0, 0.05) is 12.7 Å². The van der Waals surface area contributed by atoms with Gasteiger partial charge in [0.2, 0.25) is 0 Å². The molecule has 0 heterocycles. The van der Waals surface area contributed by atoms with E-state index in [0.717, 1.165) is 6.42 Å². The molecule has 0 aromatic heterocycles. The first-order valence-electron chi connectivity index (χ1n) is 6.95. The molecule has 1 unspecified atom stereocenters. The second-order valence-corrected chi connectivity index (χ2v) is 5.03. The Hall–Kier alpha value is -1.50. The van der Waals surface area contributed by atoms with Crippen molar-refractivity contribution in [2.45, 2.75) is 32.6 Å². The Morgan fingerprint density at radius 2 is 2.00 bits per heavy atom. The molecular formula is C17H23N. The molecule has 2 rings (SSSR count). The summed E-state index contributed by atoms with van der Waals surface area (Å²) >= 11 is 0. The minimum absolute atomic E-state index is 0.672. The van der Waals surface area contributed by atoms with E-state index in [4.69, 9.17) is 0 Å². The highest BCUT2D eigenvalue weighted by molar-refractivity contribution is 5.44. The smallest absolute Gasteiger partial charge is 0.0337 e. The molecule has 0 fully saturated rings. The molecule has 0 bridgehead atoms. The van der Waals surface area contributed by atoms with Crippen LogP contribution in [0.1, 0.15) is 31.7 Å². The SMILES string of the molecule is CCCC1=CCC(Cc2ccc(NC)cc2)C=C1. The van der Waals surface area contributed by atoms with Crippen LogP contribution in [0.4, 0.5) is 5.69 Å². The van der Waals surface area contributed by atoms with Gasteiger partial charge in [0.1, 0.15) is 0 Å². The minimum Gasteiger partial charge on any atom is -0.388 e. The fraction of sp³-hybridized carbons (Fsp3) is 0.412. The summed E-state index contributed by atoms with van der Waals surface area (Å²) in [6.07, 6.45) is 11.9. The second-order valence-electron chi connectivity index (χ2n) is 5.03. The predicted octanol–water partition coefficient (Wildman–Crippen LogP) is 4.57. The molecule has 1 nitrogen and oxygen atoms in total. The highest BCUT2D eigenvalue weighted by Gasteiger charge is 2.09.